The van der Waals surface area contributed by atoms with Gasteiger partial charge < -0.3 is 10.6 Å². The molecule has 3 heterocycles. The fraction of sp³-hybridized carbons (Fsp3) is 0.500. The molecule has 1 unspecified atom stereocenters. The maximum atomic E-state index is 12.8. The summed E-state index contributed by atoms with van der Waals surface area (Å²) in [5, 5.41) is 8.60. The van der Waals surface area contributed by atoms with Gasteiger partial charge in [0.05, 0.1) is 10.2 Å². The first-order valence-electron chi connectivity index (χ1n) is 11.3. The molecule has 2 aromatic heterocycles. The molecule has 0 fully saturated rings. The van der Waals surface area contributed by atoms with Crippen molar-refractivity contribution in [3.63, 3.8) is 0 Å². The van der Waals surface area contributed by atoms with Crippen molar-refractivity contribution in [1.82, 2.24) is 15.2 Å². The molecule has 1 atom stereocenters. The molecule has 5 nitrogen and oxygen atoms in total. The Hall–Kier alpha value is -1.32. The van der Waals surface area contributed by atoms with Gasteiger partial charge in [0.2, 0.25) is 5.91 Å². The van der Waals surface area contributed by atoms with Crippen LogP contribution < -0.4 is 10.6 Å². The second kappa shape index (κ2) is 10.3. The fourth-order valence-electron chi connectivity index (χ4n) is 3.95. The topological polar surface area (TPSA) is 57.3 Å². The number of thiophene rings is 1. The number of nitrogens with one attached hydrogen (secondary N) is 2. The number of amides is 1. The third-order valence-corrected chi connectivity index (χ3v) is 8.77. The van der Waals surface area contributed by atoms with Crippen molar-refractivity contribution in [2.75, 3.05) is 18.4 Å². The van der Waals surface area contributed by atoms with Crippen molar-refractivity contribution in [2.45, 2.75) is 65.6 Å². The minimum Gasteiger partial charge on any atom is -0.317 e. The zero-order chi connectivity index (χ0) is 22.8. The highest BCUT2D eigenvalue weighted by molar-refractivity contribution is 9.10. The van der Waals surface area contributed by atoms with Crippen LogP contribution in [0.4, 0.5) is 5.00 Å². The van der Waals surface area contributed by atoms with E-state index in [0.29, 0.717) is 25.0 Å². The fourth-order valence-corrected chi connectivity index (χ4v) is 6.68. The van der Waals surface area contributed by atoms with Gasteiger partial charge in [0.1, 0.15) is 10.0 Å². The molecular weight excluding hydrogens is 504 g/mol. The van der Waals surface area contributed by atoms with E-state index in [2.05, 4.69) is 77.4 Å². The first kappa shape index (κ1) is 23.8. The molecule has 172 valence electrons. The number of thiazole rings is 1. The zero-order valence-corrected chi connectivity index (χ0v) is 22.3. The Balaban J connectivity index is 1.65. The zero-order valence-electron chi connectivity index (χ0n) is 19.1. The van der Waals surface area contributed by atoms with Gasteiger partial charge in [0.25, 0.3) is 0 Å². The monoisotopic (exact) mass is 534 g/mol. The number of halogens is 1. The van der Waals surface area contributed by atoms with Crippen LogP contribution in [0.1, 0.15) is 51.0 Å². The summed E-state index contributed by atoms with van der Waals surface area (Å²) in [5.74, 6) is 0.0604. The molecule has 2 N–H and O–H groups in total. The van der Waals surface area contributed by atoms with Gasteiger partial charge in [-0.1, -0.05) is 22.9 Å². The number of fused-ring (bicyclic) bond motifs is 2. The van der Waals surface area contributed by atoms with Crippen LogP contribution in [-0.4, -0.2) is 41.0 Å². The van der Waals surface area contributed by atoms with E-state index in [1.807, 2.05) is 0 Å². The lowest BCUT2D eigenvalue weighted by Gasteiger charge is -2.30. The number of anilines is 1. The van der Waals surface area contributed by atoms with E-state index in [1.165, 1.54) is 10.4 Å². The average molecular weight is 536 g/mol. The summed E-state index contributed by atoms with van der Waals surface area (Å²) in [4.78, 5) is 21.6. The van der Waals surface area contributed by atoms with Crippen molar-refractivity contribution in [1.29, 1.82) is 0 Å². The first-order valence-corrected chi connectivity index (χ1v) is 13.8. The molecule has 32 heavy (non-hydrogen) atoms. The van der Waals surface area contributed by atoms with Crippen LogP contribution in [0.3, 0.4) is 0 Å². The Bertz CT molecular complexity index is 1110. The molecular formula is C24H31BrN4OS2. The second-order valence-corrected chi connectivity index (χ2v) is 11.8. The molecule has 0 saturated heterocycles. The Kier molecular flexibility index (Phi) is 7.67. The highest BCUT2D eigenvalue weighted by Crippen LogP contribution is 2.46. The molecule has 1 aromatic carbocycles. The van der Waals surface area contributed by atoms with Crippen LogP contribution in [0.25, 0.3) is 20.8 Å². The first-order chi connectivity index (χ1) is 15.4. The number of nitrogens with zero attached hydrogens (tertiary/aromatic N) is 2. The summed E-state index contributed by atoms with van der Waals surface area (Å²) in [6, 6.07) is 7.17. The molecule has 4 rings (SSSR count). The third-order valence-electron chi connectivity index (χ3n) is 6.09. The summed E-state index contributed by atoms with van der Waals surface area (Å²) in [7, 11) is 0. The van der Waals surface area contributed by atoms with Gasteiger partial charge in [0, 0.05) is 53.1 Å². The second-order valence-electron chi connectivity index (χ2n) is 8.71. The number of carbonyl (C=O) groups is 1. The van der Waals surface area contributed by atoms with Crippen LogP contribution in [-0.2, 0) is 17.8 Å². The SMILES string of the molecule is CCC(C)NCCC(=O)Nc1sc2c(c1-c1nc3cc(Br)ccc3s1)CCN(C(C)C)C2. The molecule has 0 saturated carbocycles. The number of benzene rings is 1. The highest BCUT2D eigenvalue weighted by atomic mass is 79.9. The molecule has 0 aliphatic carbocycles. The van der Waals surface area contributed by atoms with E-state index in [1.54, 1.807) is 22.7 Å². The van der Waals surface area contributed by atoms with Gasteiger partial charge in [-0.3, -0.25) is 9.69 Å². The smallest absolute Gasteiger partial charge is 0.226 e. The van der Waals surface area contributed by atoms with Crippen molar-refractivity contribution >= 4 is 59.7 Å². The number of aromatic nitrogens is 1. The van der Waals surface area contributed by atoms with Crippen molar-refractivity contribution in [2.24, 2.45) is 0 Å². The van der Waals surface area contributed by atoms with Crippen LogP contribution in [0.2, 0.25) is 0 Å². The van der Waals surface area contributed by atoms with Gasteiger partial charge in [-0.05, 0) is 57.4 Å². The maximum Gasteiger partial charge on any atom is 0.226 e. The molecule has 1 amide bonds. The summed E-state index contributed by atoms with van der Waals surface area (Å²) in [6.45, 7) is 11.5. The summed E-state index contributed by atoms with van der Waals surface area (Å²) < 4.78 is 2.20. The lowest BCUT2D eigenvalue weighted by atomic mass is 10.0. The number of hydrogen-bond acceptors (Lipinski definition) is 6. The van der Waals surface area contributed by atoms with Crippen LogP contribution >= 0.6 is 38.6 Å². The third kappa shape index (κ3) is 5.25. The summed E-state index contributed by atoms with van der Waals surface area (Å²) >= 11 is 6.99. The van der Waals surface area contributed by atoms with E-state index in [0.717, 1.165) is 56.2 Å². The Labute approximate surface area is 206 Å². The van der Waals surface area contributed by atoms with Crippen molar-refractivity contribution in [3.05, 3.63) is 33.1 Å². The summed E-state index contributed by atoms with van der Waals surface area (Å²) in [5.41, 5.74) is 3.49. The number of carbonyl (C=O) groups excluding carboxylic acids is 1. The Morgan fingerprint density at radius 3 is 2.84 bits per heavy atom. The van der Waals surface area contributed by atoms with Crippen molar-refractivity contribution < 1.29 is 4.79 Å². The van der Waals surface area contributed by atoms with Gasteiger partial charge in [0.15, 0.2) is 0 Å². The minimum absolute atomic E-state index is 0.0604. The normalized spacial score (nSPS) is 15.3. The Morgan fingerprint density at radius 2 is 2.09 bits per heavy atom. The van der Waals surface area contributed by atoms with E-state index in [4.69, 9.17) is 4.98 Å². The molecule has 1 aliphatic rings. The van der Waals surface area contributed by atoms with Crippen LogP contribution in [0.15, 0.2) is 22.7 Å². The molecule has 0 spiro atoms. The molecule has 8 heteroatoms. The minimum atomic E-state index is 0.0604. The van der Waals surface area contributed by atoms with Crippen molar-refractivity contribution in [3.8, 4) is 10.6 Å². The lowest BCUT2D eigenvalue weighted by Crippen LogP contribution is -2.35. The number of hydrogen-bond donors (Lipinski definition) is 2. The van der Waals surface area contributed by atoms with Crippen LogP contribution in [0, 0.1) is 0 Å². The summed E-state index contributed by atoms with van der Waals surface area (Å²) in [6.07, 6.45) is 2.52. The quantitative estimate of drug-likeness (QED) is 0.357. The molecule has 0 bridgehead atoms. The van der Waals surface area contributed by atoms with Gasteiger partial charge >= 0.3 is 0 Å². The van der Waals surface area contributed by atoms with E-state index in [9.17, 15) is 4.79 Å². The highest BCUT2D eigenvalue weighted by Gasteiger charge is 2.28. The predicted octanol–water partition coefficient (Wildman–Crippen LogP) is 6.27. The van der Waals surface area contributed by atoms with Crippen LogP contribution in [0.5, 0.6) is 0 Å². The predicted molar refractivity (Wildman–Crippen MR) is 141 cm³/mol. The molecule has 3 aromatic rings. The maximum absolute atomic E-state index is 12.8. The van der Waals surface area contributed by atoms with Gasteiger partial charge in [-0.15, -0.1) is 22.7 Å². The van der Waals surface area contributed by atoms with Gasteiger partial charge in [-0.25, -0.2) is 4.98 Å². The largest absolute Gasteiger partial charge is 0.317 e. The van der Waals surface area contributed by atoms with E-state index in [-0.39, 0.29) is 5.91 Å². The number of rotatable bonds is 8. The van der Waals surface area contributed by atoms with Gasteiger partial charge in [-0.2, -0.15) is 0 Å². The lowest BCUT2D eigenvalue weighted by molar-refractivity contribution is -0.116. The van der Waals surface area contributed by atoms with E-state index < -0.39 is 0 Å². The Morgan fingerprint density at radius 1 is 1.28 bits per heavy atom. The molecule has 0 radical (unpaired) electrons. The van der Waals surface area contributed by atoms with E-state index >= 15 is 0 Å². The average Bonchev–Trinajstić information content (AvgIpc) is 3.32. The standard InChI is InChI=1S/C24H31BrN4OS2/c1-5-15(4)26-10-8-21(30)28-24-22(17-9-11-29(14(2)3)13-20(17)32-24)23-27-18-12-16(25)6-7-19(18)31-23/h6-7,12,14-15,26H,5,8-11,13H2,1-4H3,(H,28,30). The molecule has 1 aliphatic heterocycles.